The standard InChI is InChI=1S/C28H18O2S2/c31-27-15-21(13-11-19-7-3-1-4-8-19)23-17-24-22(14-12-20-9-5-2-6-10-20)16-28(32)30-26(24)18-25(23)29-27/h1-18H/b13-11+,14-12+. The highest BCUT2D eigenvalue weighted by Gasteiger charge is 2.09. The SMILES string of the molecule is S=c1cc(/C=C/c2ccccc2)c2cc3c(/C=C/c4ccccc4)cc(=S)oc3cc2o1. The van der Waals surface area contributed by atoms with E-state index < -0.39 is 0 Å². The summed E-state index contributed by atoms with van der Waals surface area (Å²) in [7, 11) is 0. The van der Waals surface area contributed by atoms with Crippen molar-refractivity contribution in [3.8, 4) is 0 Å². The highest BCUT2D eigenvalue weighted by Crippen LogP contribution is 2.30. The van der Waals surface area contributed by atoms with Gasteiger partial charge in [-0.2, -0.15) is 0 Å². The van der Waals surface area contributed by atoms with Crippen LogP contribution in [0.3, 0.4) is 0 Å². The highest BCUT2D eigenvalue weighted by atomic mass is 32.1. The van der Waals surface area contributed by atoms with Crippen molar-refractivity contribution >= 4 is 70.7 Å². The molecule has 0 bridgehead atoms. The third kappa shape index (κ3) is 4.37. The molecule has 0 amide bonds. The Morgan fingerprint density at radius 3 is 1.38 bits per heavy atom. The zero-order chi connectivity index (χ0) is 21.9. The van der Waals surface area contributed by atoms with Gasteiger partial charge < -0.3 is 8.83 Å². The molecular weight excluding hydrogens is 432 g/mol. The first-order valence-corrected chi connectivity index (χ1v) is 11.0. The Hall–Kier alpha value is -3.60. The van der Waals surface area contributed by atoms with E-state index in [1.54, 1.807) is 0 Å². The van der Waals surface area contributed by atoms with Crippen molar-refractivity contribution in [2.75, 3.05) is 0 Å². The Morgan fingerprint density at radius 2 is 0.938 bits per heavy atom. The minimum atomic E-state index is 0.420. The molecule has 154 valence electrons. The maximum Gasteiger partial charge on any atom is 0.191 e. The molecule has 0 radical (unpaired) electrons. The van der Waals surface area contributed by atoms with Gasteiger partial charge >= 0.3 is 0 Å². The second kappa shape index (κ2) is 8.87. The lowest BCUT2D eigenvalue weighted by atomic mass is 10.0. The number of hydrogen-bond donors (Lipinski definition) is 0. The van der Waals surface area contributed by atoms with E-state index in [0.717, 1.165) is 33.0 Å². The molecule has 2 nitrogen and oxygen atoms in total. The zero-order valence-electron chi connectivity index (χ0n) is 17.0. The van der Waals surface area contributed by atoms with Crippen molar-refractivity contribution in [1.29, 1.82) is 0 Å². The summed E-state index contributed by atoms with van der Waals surface area (Å²) in [5.41, 5.74) is 5.54. The van der Waals surface area contributed by atoms with Crippen molar-refractivity contribution in [3.63, 3.8) is 0 Å². The number of rotatable bonds is 4. The molecule has 0 unspecified atom stereocenters. The van der Waals surface area contributed by atoms with Crippen molar-refractivity contribution in [3.05, 3.63) is 117 Å². The molecule has 5 aromatic rings. The van der Waals surface area contributed by atoms with Gasteiger partial charge in [0.25, 0.3) is 0 Å². The van der Waals surface area contributed by atoms with Crippen LogP contribution in [-0.4, -0.2) is 0 Å². The summed E-state index contributed by atoms with van der Waals surface area (Å²) in [5.74, 6) is 0. The van der Waals surface area contributed by atoms with Crippen LogP contribution in [0.25, 0.3) is 46.2 Å². The van der Waals surface area contributed by atoms with Gasteiger partial charge in [0.05, 0.1) is 0 Å². The lowest BCUT2D eigenvalue weighted by molar-refractivity contribution is 0.574. The molecule has 0 N–H and O–H groups in total. The number of fused-ring (bicyclic) bond motifs is 2. The van der Waals surface area contributed by atoms with Crippen LogP contribution in [-0.2, 0) is 0 Å². The minimum absolute atomic E-state index is 0.420. The predicted octanol–water partition coefficient (Wildman–Crippen LogP) is 8.98. The van der Waals surface area contributed by atoms with Crippen LogP contribution in [0.2, 0.25) is 0 Å². The van der Waals surface area contributed by atoms with E-state index in [0.29, 0.717) is 20.6 Å². The maximum atomic E-state index is 5.84. The van der Waals surface area contributed by atoms with E-state index >= 15 is 0 Å². The first-order valence-electron chi connectivity index (χ1n) is 10.2. The molecule has 32 heavy (non-hydrogen) atoms. The van der Waals surface area contributed by atoms with Crippen LogP contribution < -0.4 is 0 Å². The smallest absolute Gasteiger partial charge is 0.191 e. The van der Waals surface area contributed by atoms with Crippen LogP contribution >= 0.6 is 24.4 Å². The molecule has 2 heterocycles. The third-order valence-corrected chi connectivity index (χ3v) is 5.58. The Morgan fingerprint density at radius 1 is 0.500 bits per heavy atom. The molecule has 4 heteroatoms. The molecule has 5 rings (SSSR count). The summed E-state index contributed by atoms with van der Waals surface area (Å²) in [6.45, 7) is 0. The maximum absolute atomic E-state index is 5.84. The Balaban J connectivity index is 1.69. The van der Waals surface area contributed by atoms with Crippen molar-refractivity contribution in [1.82, 2.24) is 0 Å². The van der Waals surface area contributed by atoms with Crippen LogP contribution in [0, 0.1) is 9.41 Å². The summed E-state index contributed by atoms with van der Waals surface area (Å²) in [6, 6.07) is 28.0. The Bertz CT molecular complexity index is 1470. The fourth-order valence-corrected chi connectivity index (χ4v) is 4.08. The van der Waals surface area contributed by atoms with Crippen LogP contribution in [0.1, 0.15) is 22.3 Å². The Labute approximate surface area is 195 Å². The molecular formula is C28H18O2S2. The quantitative estimate of drug-likeness (QED) is 0.202. The van der Waals surface area contributed by atoms with Crippen LogP contribution in [0.4, 0.5) is 0 Å². The van der Waals surface area contributed by atoms with Crippen molar-refractivity contribution in [2.24, 2.45) is 0 Å². The van der Waals surface area contributed by atoms with Crippen LogP contribution in [0.15, 0.2) is 93.8 Å². The van der Waals surface area contributed by atoms with Crippen molar-refractivity contribution < 1.29 is 8.83 Å². The molecule has 0 spiro atoms. The van der Waals surface area contributed by atoms with Gasteiger partial charge in [0.1, 0.15) is 11.2 Å². The predicted molar refractivity (Wildman–Crippen MR) is 138 cm³/mol. The van der Waals surface area contributed by atoms with Gasteiger partial charge in [-0.1, -0.05) is 85.0 Å². The van der Waals surface area contributed by atoms with E-state index in [2.05, 4.69) is 54.6 Å². The Kier molecular flexibility index (Phi) is 5.63. The topological polar surface area (TPSA) is 26.3 Å². The first-order chi connectivity index (χ1) is 15.7. The molecule has 0 fully saturated rings. The van der Waals surface area contributed by atoms with E-state index in [1.807, 2.05) is 54.6 Å². The van der Waals surface area contributed by atoms with Gasteiger partial charge in [-0.05, 0) is 52.8 Å². The molecule has 2 aromatic heterocycles. The van der Waals surface area contributed by atoms with E-state index in [1.165, 1.54) is 0 Å². The molecule has 0 atom stereocenters. The molecule has 0 aliphatic carbocycles. The number of hydrogen-bond acceptors (Lipinski definition) is 4. The lowest BCUT2D eigenvalue weighted by Crippen LogP contribution is -1.85. The summed E-state index contributed by atoms with van der Waals surface area (Å²) >= 11 is 10.7. The van der Waals surface area contributed by atoms with Gasteiger partial charge in [-0.25, -0.2) is 0 Å². The minimum Gasteiger partial charge on any atom is -0.445 e. The molecule has 0 saturated heterocycles. The molecule has 3 aromatic carbocycles. The van der Waals surface area contributed by atoms with Crippen molar-refractivity contribution in [2.45, 2.75) is 0 Å². The third-order valence-electron chi connectivity index (χ3n) is 5.18. The second-order valence-electron chi connectivity index (χ2n) is 7.37. The van der Waals surface area contributed by atoms with E-state index in [-0.39, 0.29) is 0 Å². The second-order valence-corrected chi connectivity index (χ2v) is 8.18. The fourth-order valence-electron chi connectivity index (χ4n) is 3.64. The summed E-state index contributed by atoms with van der Waals surface area (Å²) in [6.07, 6.45) is 8.27. The number of benzene rings is 3. The highest BCUT2D eigenvalue weighted by molar-refractivity contribution is 7.71. The van der Waals surface area contributed by atoms with Gasteiger partial charge in [0, 0.05) is 29.0 Å². The monoisotopic (exact) mass is 450 g/mol. The lowest BCUT2D eigenvalue weighted by Gasteiger charge is -2.07. The summed E-state index contributed by atoms with van der Waals surface area (Å²) in [4.78, 5) is 0. The normalized spacial score (nSPS) is 11.8. The average molecular weight is 451 g/mol. The molecule has 0 saturated carbocycles. The van der Waals surface area contributed by atoms with Crippen LogP contribution in [0.5, 0.6) is 0 Å². The molecule has 0 aliphatic heterocycles. The van der Waals surface area contributed by atoms with Gasteiger partial charge in [-0.3, -0.25) is 0 Å². The van der Waals surface area contributed by atoms with Gasteiger partial charge in [0.15, 0.2) is 9.41 Å². The average Bonchev–Trinajstić information content (AvgIpc) is 2.81. The largest absolute Gasteiger partial charge is 0.445 e. The van der Waals surface area contributed by atoms with E-state index in [9.17, 15) is 0 Å². The van der Waals surface area contributed by atoms with Gasteiger partial charge in [0.2, 0.25) is 0 Å². The summed E-state index contributed by atoms with van der Waals surface area (Å²) < 4.78 is 12.5. The molecule has 0 aliphatic rings. The fraction of sp³-hybridized carbons (Fsp3) is 0. The van der Waals surface area contributed by atoms with Gasteiger partial charge in [-0.15, -0.1) is 0 Å². The summed E-state index contributed by atoms with van der Waals surface area (Å²) in [5, 5.41) is 1.92. The first kappa shape index (κ1) is 20.3. The zero-order valence-corrected chi connectivity index (χ0v) is 18.7. The van der Waals surface area contributed by atoms with E-state index in [4.69, 9.17) is 33.3 Å².